The van der Waals surface area contributed by atoms with E-state index in [2.05, 4.69) is 5.32 Å². The second-order valence-corrected chi connectivity index (χ2v) is 4.47. The van der Waals surface area contributed by atoms with Crippen LogP contribution in [-0.2, 0) is 9.59 Å². The first-order valence-corrected chi connectivity index (χ1v) is 6.72. The molecule has 0 aromatic heterocycles. The van der Waals surface area contributed by atoms with Crippen LogP contribution in [-0.4, -0.2) is 41.6 Å². The van der Waals surface area contributed by atoms with Gasteiger partial charge in [-0.15, -0.1) is 0 Å². The molecule has 0 radical (unpaired) electrons. The molecule has 4 N–H and O–H groups in total. The zero-order valence-electron chi connectivity index (χ0n) is 9.57. The van der Waals surface area contributed by atoms with Gasteiger partial charge < -0.3 is 16.2 Å². The molecule has 0 aliphatic heterocycles. The summed E-state index contributed by atoms with van der Waals surface area (Å²) in [4.78, 5) is 22.2. The number of carbonyl (C=O) groups excluding carboxylic acids is 1. The van der Waals surface area contributed by atoms with E-state index in [0.29, 0.717) is 25.8 Å². The van der Waals surface area contributed by atoms with E-state index in [1.165, 1.54) is 0 Å². The molecule has 0 heterocycles. The van der Waals surface area contributed by atoms with Crippen molar-refractivity contribution in [3.8, 4) is 0 Å². The summed E-state index contributed by atoms with van der Waals surface area (Å²) in [5, 5.41) is 11.4. The lowest BCUT2D eigenvalue weighted by atomic mass is 10.2. The number of thioether (sulfide) groups is 1. The van der Waals surface area contributed by atoms with Gasteiger partial charge in [-0.1, -0.05) is 0 Å². The van der Waals surface area contributed by atoms with Crippen LogP contribution in [0.5, 0.6) is 0 Å². The minimum atomic E-state index is -0.971. The van der Waals surface area contributed by atoms with Gasteiger partial charge in [0.05, 0.1) is 0 Å². The lowest BCUT2D eigenvalue weighted by Gasteiger charge is -2.13. The maximum Gasteiger partial charge on any atom is 0.326 e. The SMILES string of the molecule is CSCCC(NC(=O)CCCCN)C(=O)O. The molecule has 0 rings (SSSR count). The molecule has 1 unspecified atom stereocenters. The van der Waals surface area contributed by atoms with E-state index >= 15 is 0 Å². The normalized spacial score (nSPS) is 12.1. The Labute approximate surface area is 100 Å². The van der Waals surface area contributed by atoms with E-state index in [1.54, 1.807) is 11.8 Å². The highest BCUT2D eigenvalue weighted by Gasteiger charge is 2.18. The Morgan fingerprint density at radius 2 is 2.12 bits per heavy atom. The number of carbonyl (C=O) groups is 2. The Bertz CT molecular complexity index is 224. The zero-order valence-corrected chi connectivity index (χ0v) is 10.4. The highest BCUT2D eigenvalue weighted by Crippen LogP contribution is 2.02. The van der Waals surface area contributed by atoms with E-state index < -0.39 is 12.0 Å². The smallest absolute Gasteiger partial charge is 0.326 e. The van der Waals surface area contributed by atoms with Gasteiger partial charge in [-0.05, 0) is 37.8 Å². The number of carboxylic acids is 1. The molecule has 94 valence electrons. The average molecular weight is 248 g/mol. The summed E-state index contributed by atoms with van der Waals surface area (Å²) in [6.07, 6.45) is 4.20. The summed E-state index contributed by atoms with van der Waals surface area (Å²) >= 11 is 1.56. The predicted octanol–water partition coefficient (Wildman–Crippen LogP) is 0.438. The van der Waals surface area contributed by atoms with Crippen molar-refractivity contribution in [1.29, 1.82) is 0 Å². The summed E-state index contributed by atoms with van der Waals surface area (Å²) in [6.45, 7) is 0.558. The van der Waals surface area contributed by atoms with Gasteiger partial charge in [0.25, 0.3) is 0 Å². The Morgan fingerprint density at radius 1 is 1.44 bits per heavy atom. The number of amides is 1. The molecule has 1 amide bonds. The van der Waals surface area contributed by atoms with Crippen molar-refractivity contribution in [3.05, 3.63) is 0 Å². The lowest BCUT2D eigenvalue weighted by Crippen LogP contribution is -2.41. The summed E-state index contributed by atoms with van der Waals surface area (Å²) in [5.41, 5.74) is 5.30. The van der Waals surface area contributed by atoms with E-state index in [-0.39, 0.29) is 5.91 Å². The van der Waals surface area contributed by atoms with Crippen molar-refractivity contribution >= 4 is 23.6 Å². The molecule has 5 nitrogen and oxygen atoms in total. The van der Waals surface area contributed by atoms with Gasteiger partial charge in [0.15, 0.2) is 0 Å². The number of hydrogen-bond donors (Lipinski definition) is 3. The quantitative estimate of drug-likeness (QED) is 0.515. The second kappa shape index (κ2) is 9.47. The molecule has 6 heteroatoms. The first-order chi connectivity index (χ1) is 7.61. The average Bonchev–Trinajstić information content (AvgIpc) is 2.24. The van der Waals surface area contributed by atoms with Crippen LogP contribution in [0.4, 0.5) is 0 Å². The number of rotatable bonds is 9. The monoisotopic (exact) mass is 248 g/mol. The molecule has 0 spiro atoms. The number of nitrogens with one attached hydrogen (secondary N) is 1. The van der Waals surface area contributed by atoms with Crippen LogP contribution in [0, 0.1) is 0 Å². The van der Waals surface area contributed by atoms with Crippen molar-refractivity contribution in [2.24, 2.45) is 5.73 Å². The summed E-state index contributed by atoms with van der Waals surface area (Å²) in [6, 6.07) is -0.766. The number of unbranched alkanes of at least 4 members (excludes halogenated alkanes) is 1. The van der Waals surface area contributed by atoms with Crippen LogP contribution in [0.25, 0.3) is 0 Å². The third kappa shape index (κ3) is 7.53. The van der Waals surface area contributed by atoms with Crippen molar-refractivity contribution in [1.82, 2.24) is 5.32 Å². The van der Waals surface area contributed by atoms with Crippen LogP contribution in [0.3, 0.4) is 0 Å². The molecular weight excluding hydrogens is 228 g/mol. The van der Waals surface area contributed by atoms with Crippen molar-refractivity contribution in [2.75, 3.05) is 18.6 Å². The van der Waals surface area contributed by atoms with Crippen molar-refractivity contribution in [3.63, 3.8) is 0 Å². The van der Waals surface area contributed by atoms with Crippen molar-refractivity contribution < 1.29 is 14.7 Å². The van der Waals surface area contributed by atoms with Gasteiger partial charge in [0.1, 0.15) is 6.04 Å². The van der Waals surface area contributed by atoms with Crippen LogP contribution in [0.1, 0.15) is 25.7 Å². The largest absolute Gasteiger partial charge is 0.480 e. The first kappa shape index (κ1) is 15.2. The molecule has 0 aliphatic carbocycles. The number of nitrogens with two attached hydrogens (primary N) is 1. The molecule has 16 heavy (non-hydrogen) atoms. The van der Waals surface area contributed by atoms with E-state index in [9.17, 15) is 9.59 Å². The number of hydrogen-bond acceptors (Lipinski definition) is 4. The maximum absolute atomic E-state index is 11.4. The fourth-order valence-corrected chi connectivity index (χ4v) is 1.66. The Kier molecular flexibility index (Phi) is 9.03. The highest BCUT2D eigenvalue weighted by molar-refractivity contribution is 7.98. The van der Waals surface area contributed by atoms with Crippen LogP contribution >= 0.6 is 11.8 Å². The topological polar surface area (TPSA) is 92.4 Å². The minimum Gasteiger partial charge on any atom is -0.480 e. The summed E-state index contributed by atoms with van der Waals surface area (Å²) in [5.74, 6) is -0.455. The lowest BCUT2D eigenvalue weighted by molar-refractivity contribution is -0.141. The Hall–Kier alpha value is -0.750. The molecule has 0 aromatic carbocycles. The fraction of sp³-hybridized carbons (Fsp3) is 0.800. The second-order valence-electron chi connectivity index (χ2n) is 3.49. The summed E-state index contributed by atoms with van der Waals surface area (Å²) < 4.78 is 0. The summed E-state index contributed by atoms with van der Waals surface area (Å²) in [7, 11) is 0. The number of carboxylic acid groups (broad SMARTS) is 1. The van der Waals surface area contributed by atoms with Crippen LogP contribution < -0.4 is 11.1 Å². The van der Waals surface area contributed by atoms with Gasteiger partial charge in [-0.2, -0.15) is 11.8 Å². The molecule has 0 aromatic rings. The van der Waals surface area contributed by atoms with Gasteiger partial charge in [0.2, 0.25) is 5.91 Å². The fourth-order valence-electron chi connectivity index (χ4n) is 1.19. The van der Waals surface area contributed by atoms with Crippen LogP contribution in [0.15, 0.2) is 0 Å². The van der Waals surface area contributed by atoms with Crippen molar-refractivity contribution in [2.45, 2.75) is 31.7 Å². The predicted molar refractivity (Wildman–Crippen MR) is 65.5 cm³/mol. The number of aliphatic carboxylic acids is 1. The van der Waals surface area contributed by atoms with Gasteiger partial charge >= 0.3 is 5.97 Å². The molecule has 0 saturated heterocycles. The Balaban J connectivity index is 3.88. The van der Waals surface area contributed by atoms with Gasteiger partial charge in [0, 0.05) is 6.42 Å². The first-order valence-electron chi connectivity index (χ1n) is 5.33. The highest BCUT2D eigenvalue weighted by atomic mass is 32.2. The third-order valence-corrected chi connectivity index (χ3v) is 2.75. The van der Waals surface area contributed by atoms with Crippen LogP contribution in [0.2, 0.25) is 0 Å². The standard InChI is InChI=1S/C10H20N2O3S/c1-16-7-5-8(10(14)15)12-9(13)4-2-3-6-11/h8H,2-7,11H2,1H3,(H,12,13)(H,14,15). The van der Waals surface area contributed by atoms with E-state index in [0.717, 1.165) is 12.2 Å². The third-order valence-electron chi connectivity index (χ3n) is 2.10. The zero-order chi connectivity index (χ0) is 12.4. The van der Waals surface area contributed by atoms with Gasteiger partial charge in [-0.3, -0.25) is 4.79 Å². The molecule has 0 saturated carbocycles. The molecular formula is C10H20N2O3S. The molecule has 0 fully saturated rings. The minimum absolute atomic E-state index is 0.207. The maximum atomic E-state index is 11.4. The molecule has 0 aliphatic rings. The molecule has 0 bridgehead atoms. The Morgan fingerprint density at radius 3 is 2.62 bits per heavy atom. The molecule has 1 atom stereocenters. The van der Waals surface area contributed by atoms with E-state index in [1.807, 2.05) is 6.26 Å². The van der Waals surface area contributed by atoms with E-state index in [4.69, 9.17) is 10.8 Å². The van der Waals surface area contributed by atoms with Gasteiger partial charge in [-0.25, -0.2) is 4.79 Å².